The van der Waals surface area contributed by atoms with E-state index in [1.807, 2.05) is 94.8 Å². The number of thioether (sulfide) groups is 1. The second-order valence-electron chi connectivity index (χ2n) is 12.9. The third-order valence-electron chi connectivity index (χ3n) is 7.71. The molecule has 1 saturated heterocycles. The molecule has 3 N–H and O–H groups in total. The van der Waals surface area contributed by atoms with Crippen molar-refractivity contribution >= 4 is 54.1 Å². The van der Waals surface area contributed by atoms with Crippen LogP contribution in [0.2, 0.25) is 0 Å². The molecule has 5 rings (SSSR count). The van der Waals surface area contributed by atoms with Crippen molar-refractivity contribution in [2.45, 2.75) is 79.7 Å². The summed E-state index contributed by atoms with van der Waals surface area (Å²) in [4.78, 5) is 26.6. The first kappa shape index (κ1) is 38.6. The Bertz CT molecular complexity index is 1680. The number of anilines is 1. The summed E-state index contributed by atoms with van der Waals surface area (Å²) in [5.74, 6) is 2.35. The number of nitrogens with zero attached hydrogens (tertiary/aromatic N) is 4. The molecule has 0 spiro atoms. The summed E-state index contributed by atoms with van der Waals surface area (Å²) in [5, 5.41) is 5.38. The predicted molar refractivity (Wildman–Crippen MR) is 198 cm³/mol. The maximum absolute atomic E-state index is 13.3. The van der Waals surface area contributed by atoms with Crippen molar-refractivity contribution in [1.82, 2.24) is 24.6 Å². The standard InChI is InChI=1S/C33H45N6O6PS.C2H6/c1-20-17-23(44-30(20)39-21(2)35-27-28(39)36-32(34)37-29(27)41-6)18-43-46(45-26-14-10-12-22-11-8-9-13-24(22)26)38-25(15-16-47-7)31(40)42-19-33(3,4)5;1-2/h8-14,20,23,25,30,38H,15-19H2,1-7H3,(H2,34,36,37);1-2H3/t20?,23?,25-,30?,46?;/m0./s1. The summed E-state index contributed by atoms with van der Waals surface area (Å²) in [6.45, 7) is 14.7. The lowest BCUT2D eigenvalue weighted by molar-refractivity contribution is -0.148. The highest BCUT2D eigenvalue weighted by Crippen LogP contribution is 2.43. The molecule has 3 heterocycles. The number of nitrogens with one attached hydrogen (secondary N) is 1. The average molecular weight is 715 g/mol. The fourth-order valence-electron chi connectivity index (χ4n) is 5.45. The van der Waals surface area contributed by atoms with Crippen LogP contribution >= 0.6 is 20.3 Å². The van der Waals surface area contributed by atoms with Gasteiger partial charge in [-0.05, 0) is 48.6 Å². The van der Waals surface area contributed by atoms with Crippen LogP contribution < -0.4 is 20.1 Å². The number of fused-ring (bicyclic) bond motifs is 2. The summed E-state index contributed by atoms with van der Waals surface area (Å²) in [7, 11) is -0.257. The van der Waals surface area contributed by atoms with Crippen LogP contribution in [0.25, 0.3) is 21.9 Å². The first-order valence-electron chi connectivity index (χ1n) is 16.7. The number of rotatable bonds is 14. The van der Waals surface area contributed by atoms with Crippen LogP contribution in [0.5, 0.6) is 11.6 Å². The number of aromatic nitrogens is 4. The van der Waals surface area contributed by atoms with Gasteiger partial charge in [-0.2, -0.15) is 21.7 Å². The molecular formula is C35H51N6O6PS. The lowest BCUT2D eigenvalue weighted by Gasteiger charge is -2.26. The van der Waals surface area contributed by atoms with Crippen molar-refractivity contribution in [3.8, 4) is 11.6 Å². The summed E-state index contributed by atoms with van der Waals surface area (Å²) < 4.78 is 32.7. The number of aryl methyl sites for hydroxylation is 1. The Hall–Kier alpha value is -3.22. The second kappa shape index (κ2) is 17.6. The summed E-state index contributed by atoms with van der Waals surface area (Å²) in [6, 6.07) is 13.3. The van der Waals surface area contributed by atoms with Crippen LogP contribution in [0.15, 0.2) is 42.5 Å². The van der Waals surface area contributed by atoms with Gasteiger partial charge in [0.1, 0.15) is 23.8 Å². The molecule has 1 aliphatic heterocycles. The van der Waals surface area contributed by atoms with Crippen molar-refractivity contribution in [3.05, 3.63) is 48.3 Å². The number of carbonyl (C=O) groups excluding carboxylic acids is 1. The van der Waals surface area contributed by atoms with E-state index in [1.54, 1.807) is 11.8 Å². The summed E-state index contributed by atoms with van der Waals surface area (Å²) in [6.07, 6.45) is 2.69. The van der Waals surface area contributed by atoms with Crippen molar-refractivity contribution in [2.24, 2.45) is 11.3 Å². The maximum atomic E-state index is 13.3. The van der Waals surface area contributed by atoms with Gasteiger partial charge in [-0.25, -0.2) is 10.1 Å². The Labute approximate surface area is 295 Å². The van der Waals surface area contributed by atoms with Gasteiger partial charge in [0.05, 0.1) is 26.4 Å². The largest absolute Gasteiger partial charge is 0.479 e. The quantitative estimate of drug-likeness (QED) is 0.0988. The number of hydrogen-bond acceptors (Lipinski definition) is 12. The average Bonchev–Trinajstić information content (AvgIpc) is 3.61. The topological polar surface area (TPSA) is 145 Å². The van der Waals surface area contributed by atoms with Gasteiger partial charge in [0, 0.05) is 11.3 Å². The zero-order valence-corrected chi connectivity index (χ0v) is 31.8. The lowest BCUT2D eigenvalue weighted by atomic mass is 9.99. The number of nitrogens with two attached hydrogens (primary N) is 1. The molecule has 0 saturated carbocycles. The fourth-order valence-corrected chi connectivity index (χ4v) is 7.23. The van der Waals surface area contributed by atoms with Gasteiger partial charge in [-0.15, -0.1) is 0 Å². The fraction of sp³-hybridized carbons (Fsp3) is 0.543. The van der Waals surface area contributed by atoms with E-state index < -0.39 is 14.6 Å². The highest BCUT2D eigenvalue weighted by Gasteiger charge is 2.37. The summed E-state index contributed by atoms with van der Waals surface area (Å²) >= 11 is 1.67. The Balaban J connectivity index is 0.00000265. The molecule has 0 aliphatic carbocycles. The molecule has 0 amide bonds. The first-order valence-corrected chi connectivity index (χ1v) is 19.3. The number of esters is 1. The molecule has 4 unspecified atom stereocenters. The second-order valence-corrected chi connectivity index (χ2v) is 15.1. The number of hydrogen-bond donors (Lipinski definition) is 2. The predicted octanol–water partition coefficient (Wildman–Crippen LogP) is 7.45. The van der Waals surface area contributed by atoms with E-state index in [1.165, 1.54) is 7.11 Å². The van der Waals surface area contributed by atoms with Crippen LogP contribution in [0, 0.1) is 18.3 Å². The molecule has 0 radical (unpaired) electrons. The van der Waals surface area contributed by atoms with Crippen LogP contribution in [0.4, 0.5) is 5.95 Å². The number of imidazole rings is 1. The van der Waals surface area contributed by atoms with Gasteiger partial charge in [0.25, 0.3) is 0 Å². The molecule has 12 nitrogen and oxygen atoms in total. The number of nitrogen functional groups attached to an aromatic ring is 1. The number of benzene rings is 2. The van der Waals surface area contributed by atoms with Crippen LogP contribution in [0.1, 0.15) is 66.4 Å². The lowest BCUT2D eigenvalue weighted by Crippen LogP contribution is -2.38. The van der Waals surface area contributed by atoms with Crippen molar-refractivity contribution in [3.63, 3.8) is 0 Å². The number of methoxy groups -OCH3 is 1. The van der Waals surface area contributed by atoms with Gasteiger partial charge in [0.15, 0.2) is 11.2 Å². The number of carbonyl (C=O) groups is 1. The highest BCUT2D eigenvalue weighted by molar-refractivity contribution is 7.98. The Morgan fingerprint density at radius 3 is 2.61 bits per heavy atom. The van der Waals surface area contributed by atoms with E-state index in [-0.39, 0.29) is 42.2 Å². The smallest absolute Gasteiger partial charge is 0.323 e. The Kier molecular flexibility index (Phi) is 13.9. The van der Waals surface area contributed by atoms with Crippen LogP contribution in [0.3, 0.4) is 0 Å². The molecule has 49 heavy (non-hydrogen) atoms. The van der Waals surface area contributed by atoms with Crippen molar-refractivity contribution < 1.29 is 28.1 Å². The van der Waals surface area contributed by atoms with E-state index in [9.17, 15) is 4.79 Å². The zero-order valence-electron chi connectivity index (χ0n) is 30.1. The van der Waals surface area contributed by atoms with Gasteiger partial charge in [0.2, 0.25) is 11.8 Å². The van der Waals surface area contributed by atoms with Crippen LogP contribution in [-0.4, -0.2) is 70.0 Å². The Morgan fingerprint density at radius 1 is 1.16 bits per heavy atom. The molecule has 268 valence electrons. The summed E-state index contributed by atoms with van der Waals surface area (Å²) in [5.41, 5.74) is 6.92. The van der Waals surface area contributed by atoms with Crippen molar-refractivity contribution in [2.75, 3.05) is 38.1 Å². The van der Waals surface area contributed by atoms with Gasteiger partial charge in [-0.3, -0.25) is 9.36 Å². The molecule has 2 aromatic carbocycles. The van der Waals surface area contributed by atoms with E-state index in [4.69, 9.17) is 29.0 Å². The molecule has 0 bridgehead atoms. The first-order chi connectivity index (χ1) is 23.5. The molecule has 2 aromatic heterocycles. The molecule has 1 aliphatic rings. The third kappa shape index (κ3) is 9.94. The maximum Gasteiger partial charge on any atom is 0.323 e. The highest BCUT2D eigenvalue weighted by atomic mass is 32.2. The monoisotopic (exact) mass is 714 g/mol. The van der Waals surface area contributed by atoms with Crippen molar-refractivity contribution in [1.29, 1.82) is 0 Å². The molecule has 5 atom stereocenters. The van der Waals surface area contributed by atoms with E-state index in [0.29, 0.717) is 41.6 Å². The van der Waals surface area contributed by atoms with E-state index >= 15 is 0 Å². The van der Waals surface area contributed by atoms with E-state index in [0.717, 1.165) is 22.9 Å². The SMILES string of the molecule is CC.COc1nc(N)nc2c1nc(C)n2C1OC(COP(N[C@@H](CCSC)C(=O)OCC(C)(C)C)Oc2cccc3ccccc23)CC1C. The minimum absolute atomic E-state index is 0.0976. The minimum Gasteiger partial charge on any atom is -0.479 e. The minimum atomic E-state index is -1.79. The Morgan fingerprint density at radius 2 is 1.90 bits per heavy atom. The van der Waals surface area contributed by atoms with Gasteiger partial charge < -0.3 is 29.0 Å². The molecule has 14 heteroatoms. The number of ether oxygens (including phenoxy) is 3. The zero-order chi connectivity index (χ0) is 35.7. The van der Waals surface area contributed by atoms with Gasteiger partial charge in [-0.1, -0.05) is 77.9 Å². The molecule has 1 fully saturated rings. The van der Waals surface area contributed by atoms with Gasteiger partial charge >= 0.3 is 14.5 Å². The third-order valence-corrected chi connectivity index (χ3v) is 9.63. The van der Waals surface area contributed by atoms with Crippen LogP contribution in [-0.2, 0) is 18.8 Å². The molecular weight excluding hydrogens is 663 g/mol. The van der Waals surface area contributed by atoms with E-state index in [2.05, 4.69) is 27.0 Å². The normalized spacial score (nSPS) is 18.9. The molecule has 4 aromatic rings.